The van der Waals surface area contributed by atoms with Crippen molar-refractivity contribution < 1.29 is 40.6 Å². The summed E-state index contributed by atoms with van der Waals surface area (Å²) in [5, 5.41) is 3.41. The van der Waals surface area contributed by atoms with Crippen LogP contribution in [0.3, 0.4) is 0 Å². The zero-order valence-corrected chi connectivity index (χ0v) is 18.9. The van der Waals surface area contributed by atoms with Gasteiger partial charge in [-0.2, -0.15) is 0 Å². The molecule has 2 aliphatic rings. The molecular weight excluding hydrogens is 297 g/mol. The standard InChI is InChI=1S/C21H33P.2Li.2H/c1-14-10-16(20(3,4)5)12-18(14)22(9)19-13-17(11-15(19)2)21(6,7)8;;;;/h10-11H,12-13H2,1-9H3;;;;/q;2*+1;2*-1. The summed E-state index contributed by atoms with van der Waals surface area (Å²) >= 11 is 0. The van der Waals surface area contributed by atoms with Crippen molar-refractivity contribution in [1.29, 1.82) is 0 Å². The molecule has 2 aliphatic carbocycles. The smallest absolute Gasteiger partial charge is 1.00 e. The average molecular weight is 332 g/mol. The van der Waals surface area contributed by atoms with Crippen molar-refractivity contribution in [3.8, 4) is 0 Å². The van der Waals surface area contributed by atoms with Crippen molar-refractivity contribution in [3.63, 3.8) is 0 Å². The van der Waals surface area contributed by atoms with Gasteiger partial charge in [0.25, 0.3) is 0 Å². The summed E-state index contributed by atoms with van der Waals surface area (Å²) in [4.78, 5) is 0. The van der Waals surface area contributed by atoms with Gasteiger partial charge in [0, 0.05) is 0 Å². The summed E-state index contributed by atoms with van der Waals surface area (Å²) in [5.41, 5.74) is 6.87. The maximum absolute atomic E-state index is 2.48. The Bertz CT molecular complexity index is 561. The van der Waals surface area contributed by atoms with Gasteiger partial charge in [0.2, 0.25) is 0 Å². The summed E-state index contributed by atoms with van der Waals surface area (Å²) in [7, 11) is -0.154. The van der Waals surface area contributed by atoms with Crippen molar-refractivity contribution in [2.75, 3.05) is 6.66 Å². The quantitative estimate of drug-likeness (QED) is 0.533. The van der Waals surface area contributed by atoms with E-state index in [0.717, 1.165) is 0 Å². The van der Waals surface area contributed by atoms with E-state index in [-0.39, 0.29) is 48.5 Å². The third-order valence-corrected chi connectivity index (χ3v) is 7.79. The molecule has 3 heteroatoms. The molecule has 0 aliphatic heterocycles. The van der Waals surface area contributed by atoms with Gasteiger partial charge < -0.3 is 2.85 Å². The molecule has 0 bridgehead atoms. The molecule has 2 rings (SSSR count). The second-order valence-electron chi connectivity index (χ2n) is 9.01. The molecular formula is C21H35Li2P. The molecule has 0 unspecified atom stereocenters. The van der Waals surface area contributed by atoms with Gasteiger partial charge in [0.1, 0.15) is 0 Å². The topological polar surface area (TPSA) is 0 Å². The molecule has 0 saturated carbocycles. The Morgan fingerprint density at radius 1 is 0.750 bits per heavy atom. The Balaban J connectivity index is -0.00000132. The maximum Gasteiger partial charge on any atom is 1.00 e. The van der Waals surface area contributed by atoms with E-state index in [1.54, 1.807) is 21.8 Å². The van der Waals surface area contributed by atoms with Crippen LogP contribution < -0.4 is 37.7 Å². The van der Waals surface area contributed by atoms with Crippen LogP contribution in [0.25, 0.3) is 0 Å². The van der Waals surface area contributed by atoms with E-state index in [4.69, 9.17) is 0 Å². The minimum absolute atomic E-state index is 0. The van der Waals surface area contributed by atoms with Gasteiger partial charge in [0.15, 0.2) is 0 Å². The summed E-state index contributed by atoms with van der Waals surface area (Å²) < 4.78 is 0. The Kier molecular flexibility index (Phi) is 8.72. The molecule has 0 aromatic rings. The van der Waals surface area contributed by atoms with Crippen LogP contribution in [0.5, 0.6) is 0 Å². The van der Waals surface area contributed by atoms with E-state index in [0.29, 0.717) is 10.8 Å². The van der Waals surface area contributed by atoms with E-state index in [1.165, 1.54) is 24.0 Å². The molecule has 0 amide bonds. The van der Waals surface area contributed by atoms with Gasteiger partial charge in [-0.1, -0.05) is 72.8 Å². The number of rotatable bonds is 2. The third kappa shape index (κ3) is 5.29. The first-order valence-corrected chi connectivity index (χ1v) is 10.3. The Hall–Kier alpha value is 0.585. The summed E-state index contributed by atoms with van der Waals surface area (Å²) in [6.45, 7) is 21.1. The van der Waals surface area contributed by atoms with E-state index in [9.17, 15) is 0 Å². The fraction of sp³-hybridized carbons (Fsp3) is 0.619. The molecule has 0 saturated heterocycles. The number of hydrogen-bond acceptors (Lipinski definition) is 0. The first-order valence-electron chi connectivity index (χ1n) is 8.46. The SMILES string of the molecule is CC1=C(P(C)C2=C(C)C=C(C(C)(C)C)C2)CC(C(C)(C)C)=C1.[H-].[H-].[Li+].[Li+]. The van der Waals surface area contributed by atoms with Crippen LogP contribution in [-0.4, -0.2) is 6.66 Å². The summed E-state index contributed by atoms with van der Waals surface area (Å²) in [6, 6.07) is 0. The van der Waals surface area contributed by atoms with Crippen LogP contribution >= 0.6 is 7.92 Å². The third-order valence-electron chi connectivity index (χ3n) is 5.14. The van der Waals surface area contributed by atoms with E-state index in [2.05, 4.69) is 74.2 Å². The first kappa shape index (κ1) is 24.6. The normalized spacial score (nSPS) is 18.6. The minimum Gasteiger partial charge on any atom is -1.00 e. The molecule has 0 nitrogen and oxygen atoms in total. The van der Waals surface area contributed by atoms with Crippen molar-refractivity contribution in [2.45, 2.75) is 68.2 Å². The van der Waals surface area contributed by atoms with Gasteiger partial charge in [-0.05, 0) is 66.0 Å². The molecule has 0 atom stereocenters. The van der Waals surface area contributed by atoms with Crippen LogP contribution in [-0.2, 0) is 0 Å². The molecule has 0 radical (unpaired) electrons. The monoisotopic (exact) mass is 332 g/mol. The first-order chi connectivity index (χ1) is 9.91. The molecule has 0 aromatic heterocycles. The van der Waals surface area contributed by atoms with Crippen LogP contribution in [0.4, 0.5) is 0 Å². The maximum atomic E-state index is 2.48. The van der Waals surface area contributed by atoms with E-state index >= 15 is 0 Å². The predicted octanol–water partition coefficient (Wildman–Crippen LogP) is 1.63. The van der Waals surface area contributed by atoms with Crippen LogP contribution in [0.15, 0.2) is 45.1 Å². The van der Waals surface area contributed by atoms with Crippen molar-refractivity contribution in [1.82, 2.24) is 0 Å². The second-order valence-corrected chi connectivity index (χ2v) is 11.2. The average Bonchev–Trinajstić information content (AvgIpc) is 2.90. The van der Waals surface area contributed by atoms with E-state index < -0.39 is 0 Å². The molecule has 0 spiro atoms. The van der Waals surface area contributed by atoms with Gasteiger partial charge in [-0.3, -0.25) is 0 Å². The second kappa shape index (κ2) is 8.52. The van der Waals surface area contributed by atoms with E-state index in [1.807, 2.05) is 0 Å². The Morgan fingerprint density at radius 3 is 1.25 bits per heavy atom. The van der Waals surface area contributed by atoms with Crippen LogP contribution in [0, 0.1) is 10.8 Å². The van der Waals surface area contributed by atoms with Crippen molar-refractivity contribution in [3.05, 3.63) is 45.1 Å². The van der Waals surface area contributed by atoms with Gasteiger partial charge >= 0.3 is 37.7 Å². The molecule has 24 heavy (non-hydrogen) atoms. The molecule has 0 aromatic carbocycles. The Labute approximate surface area is 178 Å². The van der Waals surface area contributed by atoms with Crippen molar-refractivity contribution >= 4 is 7.92 Å². The van der Waals surface area contributed by atoms with Gasteiger partial charge in [0.05, 0.1) is 0 Å². The fourth-order valence-corrected chi connectivity index (χ4v) is 5.65. The fourth-order valence-electron chi connectivity index (χ4n) is 3.32. The van der Waals surface area contributed by atoms with Gasteiger partial charge in [-0.25, -0.2) is 0 Å². The van der Waals surface area contributed by atoms with Gasteiger partial charge in [-0.15, -0.1) is 0 Å². The molecule has 0 heterocycles. The minimum atomic E-state index is -0.154. The molecule has 0 fully saturated rings. The largest absolute Gasteiger partial charge is 1.00 e. The molecule has 126 valence electrons. The Morgan fingerprint density at radius 2 is 1.04 bits per heavy atom. The van der Waals surface area contributed by atoms with Crippen LogP contribution in [0.1, 0.15) is 71.1 Å². The van der Waals surface area contributed by atoms with Crippen LogP contribution in [0.2, 0.25) is 0 Å². The zero-order chi connectivity index (χ0) is 16.9. The number of allylic oxidation sites excluding steroid dienone is 8. The van der Waals surface area contributed by atoms with Crippen molar-refractivity contribution in [2.24, 2.45) is 10.8 Å². The molecule has 0 N–H and O–H groups in total. The summed E-state index contributed by atoms with van der Waals surface area (Å²) in [6.07, 6.45) is 7.30. The zero-order valence-electron chi connectivity index (χ0n) is 20.0. The predicted molar refractivity (Wildman–Crippen MR) is 105 cm³/mol. The number of hydrogen-bond donors (Lipinski definition) is 0. The summed E-state index contributed by atoms with van der Waals surface area (Å²) in [5.74, 6) is 0.